The fourth-order valence-electron chi connectivity index (χ4n) is 5.30. The Morgan fingerprint density at radius 2 is 1.85 bits per heavy atom. The SMILES string of the molecule is CC1C=C(C2=CCc3ncc(-c4ccc(S(C)(=O)=O)cc4)cc32)CCN1C(=O)NC1CCCC1. The number of amides is 2. The fraction of sp³-hybridized carbons (Fsp3) is 0.407. The van der Waals surface area contributed by atoms with E-state index in [9.17, 15) is 13.2 Å². The Hall–Kier alpha value is -2.93. The van der Waals surface area contributed by atoms with Crippen LogP contribution in [-0.4, -0.2) is 49.2 Å². The molecule has 1 unspecified atom stereocenters. The largest absolute Gasteiger partial charge is 0.335 e. The minimum absolute atomic E-state index is 0.0368. The molecule has 0 radical (unpaired) electrons. The average Bonchev–Trinajstić information content (AvgIpc) is 3.48. The molecule has 1 fully saturated rings. The minimum atomic E-state index is -3.22. The van der Waals surface area contributed by atoms with Crippen LogP contribution in [0.2, 0.25) is 0 Å². The Labute approximate surface area is 201 Å². The van der Waals surface area contributed by atoms with Crippen LogP contribution >= 0.6 is 0 Å². The number of aromatic nitrogens is 1. The molecule has 2 aromatic rings. The van der Waals surface area contributed by atoms with E-state index in [0.717, 1.165) is 48.1 Å². The molecule has 1 aromatic carbocycles. The van der Waals surface area contributed by atoms with Crippen molar-refractivity contribution in [3.63, 3.8) is 0 Å². The smallest absolute Gasteiger partial charge is 0.318 e. The average molecular weight is 478 g/mol. The number of rotatable bonds is 4. The maximum atomic E-state index is 12.8. The van der Waals surface area contributed by atoms with E-state index >= 15 is 0 Å². The summed E-state index contributed by atoms with van der Waals surface area (Å²) in [6.07, 6.45) is 13.7. The highest BCUT2D eigenvalue weighted by molar-refractivity contribution is 7.90. The van der Waals surface area contributed by atoms with Gasteiger partial charge in [-0.3, -0.25) is 4.98 Å². The molecular formula is C27H31N3O3S. The highest BCUT2D eigenvalue weighted by Crippen LogP contribution is 2.37. The molecule has 5 rings (SSSR count). The van der Waals surface area contributed by atoms with Crippen molar-refractivity contribution in [2.24, 2.45) is 0 Å². The van der Waals surface area contributed by atoms with Crippen LogP contribution in [0.1, 0.15) is 50.3 Å². The van der Waals surface area contributed by atoms with Gasteiger partial charge in [-0.15, -0.1) is 0 Å². The van der Waals surface area contributed by atoms with E-state index in [2.05, 4.69) is 30.5 Å². The molecule has 34 heavy (non-hydrogen) atoms. The minimum Gasteiger partial charge on any atom is -0.335 e. The number of pyridine rings is 1. The quantitative estimate of drug-likeness (QED) is 0.688. The Bertz CT molecular complexity index is 1270. The first-order valence-electron chi connectivity index (χ1n) is 12.1. The van der Waals surface area contributed by atoms with E-state index in [0.29, 0.717) is 17.5 Å². The summed E-state index contributed by atoms with van der Waals surface area (Å²) in [6.45, 7) is 2.79. The molecule has 1 atom stereocenters. The molecule has 0 spiro atoms. The number of hydrogen-bond acceptors (Lipinski definition) is 4. The Kier molecular flexibility index (Phi) is 6.06. The lowest BCUT2D eigenvalue weighted by molar-refractivity contribution is 0.183. The van der Waals surface area contributed by atoms with E-state index < -0.39 is 9.84 Å². The number of fused-ring (bicyclic) bond motifs is 1. The lowest BCUT2D eigenvalue weighted by Crippen LogP contribution is -2.49. The Morgan fingerprint density at radius 3 is 2.53 bits per heavy atom. The summed E-state index contributed by atoms with van der Waals surface area (Å²) >= 11 is 0. The van der Waals surface area contributed by atoms with Gasteiger partial charge in [0.25, 0.3) is 0 Å². The number of benzene rings is 1. The van der Waals surface area contributed by atoms with Crippen molar-refractivity contribution in [1.29, 1.82) is 0 Å². The molecular weight excluding hydrogens is 446 g/mol. The van der Waals surface area contributed by atoms with Gasteiger partial charge in [0.2, 0.25) is 0 Å². The van der Waals surface area contributed by atoms with E-state index in [1.54, 1.807) is 12.1 Å². The van der Waals surface area contributed by atoms with Crippen LogP contribution in [0.15, 0.2) is 59.1 Å². The standard InChI is InChI=1S/C27H31N3O3S/c1-18-15-20(13-14-30(18)27(31)29-22-5-3-4-6-22)24-11-12-26-25(24)16-21(17-28-26)19-7-9-23(10-8-19)34(2,32)33/h7-11,15-18,22H,3-6,12-14H2,1-2H3,(H,29,31). The molecule has 2 heterocycles. The van der Waals surface area contributed by atoms with Gasteiger partial charge >= 0.3 is 6.03 Å². The summed E-state index contributed by atoms with van der Waals surface area (Å²) in [7, 11) is -3.22. The van der Waals surface area contributed by atoms with E-state index in [4.69, 9.17) is 4.98 Å². The number of urea groups is 1. The lowest BCUT2D eigenvalue weighted by atomic mass is 9.92. The zero-order chi connectivity index (χ0) is 23.9. The third kappa shape index (κ3) is 4.53. The molecule has 1 aliphatic heterocycles. The third-order valence-electron chi connectivity index (χ3n) is 7.22. The van der Waals surface area contributed by atoms with E-state index in [-0.39, 0.29) is 12.1 Å². The summed E-state index contributed by atoms with van der Waals surface area (Å²) < 4.78 is 23.6. The second-order valence-electron chi connectivity index (χ2n) is 9.64. The number of carbonyl (C=O) groups is 1. The van der Waals surface area contributed by atoms with Crippen LogP contribution in [0.25, 0.3) is 16.7 Å². The molecule has 1 aromatic heterocycles. The zero-order valence-corrected chi connectivity index (χ0v) is 20.6. The zero-order valence-electron chi connectivity index (χ0n) is 19.8. The highest BCUT2D eigenvalue weighted by atomic mass is 32.2. The van der Waals surface area contributed by atoms with Crippen LogP contribution in [0, 0.1) is 0 Å². The monoisotopic (exact) mass is 477 g/mol. The van der Waals surface area contributed by atoms with Gasteiger partial charge in [-0.25, -0.2) is 13.2 Å². The number of nitrogens with zero attached hydrogens (tertiary/aromatic N) is 2. The van der Waals surface area contributed by atoms with Crippen LogP contribution in [0.3, 0.4) is 0 Å². The number of nitrogens with one attached hydrogen (secondary N) is 1. The van der Waals surface area contributed by atoms with Crippen molar-refractivity contribution >= 4 is 21.4 Å². The van der Waals surface area contributed by atoms with E-state index in [1.807, 2.05) is 23.2 Å². The van der Waals surface area contributed by atoms with Gasteiger partial charge in [0, 0.05) is 48.6 Å². The van der Waals surface area contributed by atoms with Gasteiger partial charge in [0.05, 0.1) is 10.6 Å². The lowest BCUT2D eigenvalue weighted by Gasteiger charge is -2.34. The van der Waals surface area contributed by atoms with Crippen LogP contribution < -0.4 is 5.32 Å². The first-order valence-corrected chi connectivity index (χ1v) is 14.0. The molecule has 2 amide bonds. The predicted octanol–water partition coefficient (Wildman–Crippen LogP) is 4.76. The summed E-state index contributed by atoms with van der Waals surface area (Å²) in [6, 6.07) is 9.52. The molecule has 178 valence electrons. The van der Waals surface area contributed by atoms with Crippen LogP contribution in [0.5, 0.6) is 0 Å². The van der Waals surface area contributed by atoms with Crippen molar-refractivity contribution in [2.45, 2.75) is 62.4 Å². The topological polar surface area (TPSA) is 79.4 Å². The molecule has 7 heteroatoms. The molecule has 1 saturated carbocycles. The summed E-state index contributed by atoms with van der Waals surface area (Å²) in [5, 5.41) is 3.21. The number of allylic oxidation sites excluding steroid dienone is 2. The van der Waals surface area contributed by atoms with Crippen molar-refractivity contribution in [2.75, 3.05) is 12.8 Å². The molecule has 2 aliphatic carbocycles. The van der Waals surface area contributed by atoms with Gasteiger partial charge < -0.3 is 10.2 Å². The maximum absolute atomic E-state index is 12.8. The summed E-state index contributed by atoms with van der Waals surface area (Å²) in [5.41, 5.74) is 6.57. The molecule has 0 bridgehead atoms. The normalized spacial score (nSPS) is 20.6. The fourth-order valence-corrected chi connectivity index (χ4v) is 5.93. The van der Waals surface area contributed by atoms with Gasteiger partial charge in [0.15, 0.2) is 9.84 Å². The predicted molar refractivity (Wildman–Crippen MR) is 134 cm³/mol. The van der Waals surface area contributed by atoms with Gasteiger partial charge in [-0.1, -0.05) is 37.1 Å². The molecule has 0 saturated heterocycles. The van der Waals surface area contributed by atoms with Crippen molar-refractivity contribution in [1.82, 2.24) is 15.2 Å². The second kappa shape index (κ2) is 9.02. The van der Waals surface area contributed by atoms with Crippen LogP contribution in [-0.2, 0) is 16.3 Å². The number of hydrogen-bond donors (Lipinski definition) is 1. The summed E-state index contributed by atoms with van der Waals surface area (Å²) in [4.78, 5) is 19.8. The molecule has 1 N–H and O–H groups in total. The third-order valence-corrected chi connectivity index (χ3v) is 8.35. The maximum Gasteiger partial charge on any atom is 0.318 e. The van der Waals surface area contributed by atoms with Gasteiger partial charge in [-0.05, 0) is 61.1 Å². The Morgan fingerprint density at radius 1 is 1.12 bits per heavy atom. The number of carbonyl (C=O) groups excluding carboxylic acids is 1. The van der Waals surface area contributed by atoms with Crippen molar-refractivity contribution in [3.05, 3.63) is 65.5 Å². The number of sulfone groups is 1. The molecule has 3 aliphatic rings. The first-order chi connectivity index (χ1) is 16.3. The van der Waals surface area contributed by atoms with Crippen molar-refractivity contribution in [3.8, 4) is 11.1 Å². The second-order valence-corrected chi connectivity index (χ2v) is 11.7. The Balaban J connectivity index is 1.35. The van der Waals surface area contributed by atoms with Crippen molar-refractivity contribution < 1.29 is 13.2 Å². The highest BCUT2D eigenvalue weighted by Gasteiger charge is 2.29. The van der Waals surface area contributed by atoms with E-state index in [1.165, 1.54) is 30.2 Å². The van der Waals surface area contributed by atoms with Gasteiger partial charge in [-0.2, -0.15) is 0 Å². The van der Waals surface area contributed by atoms with Gasteiger partial charge in [0.1, 0.15) is 0 Å². The molecule has 6 nitrogen and oxygen atoms in total. The van der Waals surface area contributed by atoms with Crippen LogP contribution in [0.4, 0.5) is 4.79 Å². The summed E-state index contributed by atoms with van der Waals surface area (Å²) in [5.74, 6) is 0. The first kappa shape index (κ1) is 22.8.